The third kappa shape index (κ3) is 4.04. The van der Waals surface area contributed by atoms with Crippen molar-refractivity contribution in [3.63, 3.8) is 0 Å². The first-order valence-corrected chi connectivity index (χ1v) is 8.81. The predicted octanol–water partition coefficient (Wildman–Crippen LogP) is 2.38. The third-order valence-electron chi connectivity index (χ3n) is 3.42. The van der Waals surface area contributed by atoms with Crippen LogP contribution in [0.15, 0.2) is 34.2 Å². The molecule has 1 aliphatic heterocycles. The number of hydrogen-bond acceptors (Lipinski definition) is 4. The van der Waals surface area contributed by atoms with Gasteiger partial charge in [0, 0.05) is 13.1 Å². The zero-order chi connectivity index (χ0) is 15.3. The number of rotatable bonds is 7. The molecular weight excluding hydrogens is 286 g/mol. The number of aliphatic imine (C=N–C) groups is 1. The van der Waals surface area contributed by atoms with Gasteiger partial charge in [-0.2, -0.15) is 0 Å². The fourth-order valence-corrected chi connectivity index (χ4v) is 3.62. The largest absolute Gasteiger partial charge is 0.315 e. The van der Waals surface area contributed by atoms with E-state index < -0.39 is 10.0 Å². The molecule has 0 amide bonds. The highest BCUT2D eigenvalue weighted by molar-refractivity contribution is 7.89. The zero-order valence-corrected chi connectivity index (χ0v) is 13.4. The summed E-state index contributed by atoms with van der Waals surface area (Å²) in [6, 6.07) is 6.83. The number of nitrogens with one attached hydrogen (secondary N) is 1. The second kappa shape index (κ2) is 7.04. The first kappa shape index (κ1) is 16.0. The molecule has 0 radical (unpaired) electrons. The highest BCUT2D eigenvalue weighted by atomic mass is 32.2. The molecule has 0 aliphatic carbocycles. The van der Waals surface area contributed by atoms with Crippen LogP contribution >= 0.6 is 0 Å². The van der Waals surface area contributed by atoms with E-state index in [1.807, 2.05) is 0 Å². The minimum absolute atomic E-state index is 0.285. The monoisotopic (exact) mass is 309 g/mol. The van der Waals surface area contributed by atoms with Crippen molar-refractivity contribution in [3.05, 3.63) is 24.3 Å². The topological polar surface area (TPSA) is 61.8 Å². The average Bonchev–Trinajstić information content (AvgIpc) is 2.44. The van der Waals surface area contributed by atoms with Crippen molar-refractivity contribution in [2.45, 2.75) is 31.6 Å². The molecule has 0 spiro atoms. The molecule has 6 heteroatoms. The molecule has 0 unspecified atom stereocenters. The number of para-hydroxylation sites is 1. The Labute approximate surface area is 127 Å². The van der Waals surface area contributed by atoms with Gasteiger partial charge in [-0.15, -0.1) is 0 Å². The summed E-state index contributed by atoms with van der Waals surface area (Å²) in [6.45, 7) is 6.36. The summed E-state index contributed by atoms with van der Waals surface area (Å²) in [7, 11) is -3.45. The van der Waals surface area contributed by atoms with Crippen molar-refractivity contribution in [1.29, 1.82) is 0 Å². The smallest absolute Gasteiger partial charge is 0.267 e. The van der Waals surface area contributed by atoms with E-state index in [0.717, 1.165) is 13.0 Å². The molecule has 1 aliphatic rings. The Morgan fingerprint density at radius 2 is 2.00 bits per heavy atom. The Balaban J connectivity index is 1.86. The van der Waals surface area contributed by atoms with Crippen LogP contribution in [0.2, 0.25) is 0 Å². The number of sulfonamides is 1. The molecule has 21 heavy (non-hydrogen) atoms. The van der Waals surface area contributed by atoms with Gasteiger partial charge in [-0.3, -0.25) is 4.31 Å². The Morgan fingerprint density at radius 1 is 1.24 bits per heavy atom. The van der Waals surface area contributed by atoms with Crippen LogP contribution in [0.4, 0.5) is 5.69 Å². The summed E-state index contributed by atoms with van der Waals surface area (Å²) in [5, 5.41) is 3.28. The van der Waals surface area contributed by atoms with Crippen molar-refractivity contribution in [2.75, 3.05) is 19.6 Å². The van der Waals surface area contributed by atoms with E-state index in [1.165, 1.54) is 17.1 Å². The van der Waals surface area contributed by atoms with E-state index in [0.29, 0.717) is 24.7 Å². The minimum Gasteiger partial charge on any atom is -0.315 e. The molecule has 0 saturated carbocycles. The van der Waals surface area contributed by atoms with Gasteiger partial charge in [-0.05, 0) is 37.4 Å². The van der Waals surface area contributed by atoms with Gasteiger partial charge in [0.05, 0.1) is 5.69 Å². The van der Waals surface area contributed by atoms with Crippen LogP contribution in [-0.4, -0.2) is 38.7 Å². The van der Waals surface area contributed by atoms with Crippen LogP contribution in [0.5, 0.6) is 0 Å². The van der Waals surface area contributed by atoms with Crippen LogP contribution < -0.4 is 5.32 Å². The number of nitrogens with zero attached hydrogens (tertiary/aromatic N) is 2. The highest BCUT2D eigenvalue weighted by Crippen LogP contribution is 2.29. The number of fused-ring (bicyclic) bond motifs is 1. The zero-order valence-electron chi connectivity index (χ0n) is 12.6. The Morgan fingerprint density at radius 3 is 2.76 bits per heavy atom. The molecule has 116 valence electrons. The summed E-state index contributed by atoms with van der Waals surface area (Å²) < 4.78 is 26.2. The predicted molar refractivity (Wildman–Crippen MR) is 85.4 cm³/mol. The maximum absolute atomic E-state index is 12.4. The summed E-state index contributed by atoms with van der Waals surface area (Å²) in [4.78, 5) is 4.49. The third-order valence-corrected chi connectivity index (χ3v) is 5.22. The fourth-order valence-electron chi connectivity index (χ4n) is 2.22. The van der Waals surface area contributed by atoms with Crippen LogP contribution in [0.1, 0.15) is 26.7 Å². The van der Waals surface area contributed by atoms with E-state index in [1.54, 1.807) is 24.3 Å². The molecule has 1 N–H and O–H groups in total. The van der Waals surface area contributed by atoms with E-state index in [4.69, 9.17) is 0 Å². The van der Waals surface area contributed by atoms with Gasteiger partial charge in [-0.1, -0.05) is 26.0 Å². The van der Waals surface area contributed by atoms with Crippen molar-refractivity contribution in [2.24, 2.45) is 10.9 Å². The fraction of sp³-hybridized carbons (Fsp3) is 0.533. The molecule has 2 rings (SSSR count). The summed E-state index contributed by atoms with van der Waals surface area (Å²) in [5.41, 5.74) is 0.513. The van der Waals surface area contributed by atoms with Gasteiger partial charge in [-0.25, -0.2) is 13.4 Å². The maximum Gasteiger partial charge on any atom is 0.267 e. The molecule has 0 fully saturated rings. The van der Waals surface area contributed by atoms with Crippen LogP contribution in [0.25, 0.3) is 0 Å². The van der Waals surface area contributed by atoms with Gasteiger partial charge >= 0.3 is 0 Å². The average molecular weight is 309 g/mol. The van der Waals surface area contributed by atoms with E-state index >= 15 is 0 Å². The standard InChI is InChI=1S/C15H23N3O2S/c1-13(2)6-5-9-16-10-11-18-12-17-14-7-3-4-8-15(14)21(18,19)20/h3-4,7-8,12-13,16H,5-6,9-11H2,1-2H3. The molecule has 0 bridgehead atoms. The van der Waals surface area contributed by atoms with Crippen LogP contribution in [0.3, 0.4) is 0 Å². The lowest BCUT2D eigenvalue weighted by Crippen LogP contribution is -2.37. The quantitative estimate of drug-likeness (QED) is 0.787. The highest BCUT2D eigenvalue weighted by Gasteiger charge is 2.27. The minimum atomic E-state index is -3.45. The van der Waals surface area contributed by atoms with Gasteiger partial charge < -0.3 is 5.32 Å². The van der Waals surface area contributed by atoms with Gasteiger partial charge in [0.2, 0.25) is 0 Å². The summed E-state index contributed by atoms with van der Waals surface area (Å²) in [6.07, 6.45) is 3.71. The second-order valence-electron chi connectivity index (χ2n) is 5.61. The molecule has 1 aromatic rings. The first-order valence-electron chi connectivity index (χ1n) is 7.37. The van der Waals surface area contributed by atoms with Crippen LogP contribution in [0, 0.1) is 5.92 Å². The van der Waals surface area contributed by atoms with Crippen molar-refractivity contribution >= 4 is 22.0 Å². The number of benzene rings is 1. The second-order valence-corrected chi connectivity index (χ2v) is 7.47. The number of hydrogen-bond donors (Lipinski definition) is 1. The lowest BCUT2D eigenvalue weighted by molar-refractivity contribution is 0.493. The lowest BCUT2D eigenvalue weighted by Gasteiger charge is -2.24. The Bertz CT molecular complexity index is 597. The summed E-state index contributed by atoms with van der Waals surface area (Å²) >= 11 is 0. The van der Waals surface area contributed by atoms with Crippen molar-refractivity contribution in [3.8, 4) is 0 Å². The van der Waals surface area contributed by atoms with Crippen LogP contribution in [-0.2, 0) is 10.0 Å². The van der Waals surface area contributed by atoms with E-state index in [9.17, 15) is 8.42 Å². The molecule has 0 aromatic heterocycles. The molecule has 0 saturated heterocycles. The summed E-state index contributed by atoms with van der Waals surface area (Å²) in [5.74, 6) is 0.706. The maximum atomic E-state index is 12.4. The first-order chi connectivity index (χ1) is 10.0. The Hall–Kier alpha value is -1.40. The molecular formula is C15H23N3O2S. The van der Waals surface area contributed by atoms with Crippen molar-refractivity contribution < 1.29 is 8.42 Å². The Kier molecular flexibility index (Phi) is 5.36. The van der Waals surface area contributed by atoms with E-state index in [-0.39, 0.29) is 4.90 Å². The SMILES string of the molecule is CC(C)CCCNCCN1C=Nc2ccccc2S1(=O)=O. The molecule has 0 atom stereocenters. The van der Waals surface area contributed by atoms with Gasteiger partial charge in [0.25, 0.3) is 10.0 Å². The van der Waals surface area contributed by atoms with E-state index in [2.05, 4.69) is 24.2 Å². The molecule has 1 heterocycles. The molecule has 1 aromatic carbocycles. The lowest BCUT2D eigenvalue weighted by atomic mass is 10.1. The van der Waals surface area contributed by atoms with Crippen molar-refractivity contribution in [1.82, 2.24) is 9.62 Å². The molecule has 5 nitrogen and oxygen atoms in total. The van der Waals surface area contributed by atoms with Gasteiger partial charge in [0.15, 0.2) is 0 Å². The van der Waals surface area contributed by atoms with Gasteiger partial charge in [0.1, 0.15) is 11.2 Å². The normalized spacial score (nSPS) is 16.2.